The Balaban J connectivity index is 2.54. The fraction of sp³-hybridized carbons (Fsp3) is 0.900. The maximum atomic E-state index is 11.3. The first-order valence-electron chi connectivity index (χ1n) is 5.08. The van der Waals surface area contributed by atoms with E-state index in [1.54, 1.807) is 6.92 Å². The molecule has 1 saturated carbocycles. The highest BCUT2D eigenvalue weighted by Gasteiger charge is 2.34. The smallest absolute Gasteiger partial charge is 0.184 e. The van der Waals surface area contributed by atoms with Crippen molar-refractivity contribution < 1.29 is 9.22 Å². The van der Waals surface area contributed by atoms with Gasteiger partial charge in [-0.05, 0) is 39.4 Å². The molecule has 0 aliphatic heterocycles. The highest BCUT2D eigenvalue weighted by Crippen LogP contribution is 2.30. The van der Waals surface area contributed by atoms with E-state index in [1.165, 1.54) is 0 Å². The van der Waals surface area contributed by atoms with E-state index in [0.29, 0.717) is 5.78 Å². The third-order valence-corrected chi connectivity index (χ3v) is 3.49. The van der Waals surface area contributed by atoms with Crippen molar-refractivity contribution in [2.24, 2.45) is 5.92 Å². The molecule has 0 heterocycles. The van der Waals surface area contributed by atoms with Gasteiger partial charge in [0.15, 0.2) is 8.32 Å². The lowest BCUT2D eigenvalue weighted by molar-refractivity contribution is -0.122. The van der Waals surface area contributed by atoms with Gasteiger partial charge in [-0.1, -0.05) is 6.42 Å². The number of carbonyl (C=O) groups is 1. The van der Waals surface area contributed by atoms with Gasteiger partial charge < -0.3 is 4.43 Å². The van der Waals surface area contributed by atoms with E-state index in [-0.39, 0.29) is 12.0 Å². The number of Topliss-reactive ketones (excluding diaryl/α,β-unsaturated/α-hetero) is 1. The molecule has 76 valence electrons. The zero-order chi connectivity index (χ0) is 10.1. The predicted molar refractivity (Wildman–Crippen MR) is 56.2 cm³/mol. The first-order valence-corrected chi connectivity index (χ1v) is 8.49. The molecule has 0 aromatic rings. The van der Waals surface area contributed by atoms with Crippen molar-refractivity contribution in [1.82, 2.24) is 0 Å². The van der Waals surface area contributed by atoms with Crippen LogP contribution in [0.3, 0.4) is 0 Å². The molecule has 2 atom stereocenters. The lowest BCUT2D eigenvalue weighted by Crippen LogP contribution is -2.35. The molecule has 0 radical (unpaired) electrons. The molecular formula is C10H20O2Si. The second-order valence-electron chi connectivity index (χ2n) is 4.92. The molecule has 13 heavy (non-hydrogen) atoms. The molecule has 0 aromatic heterocycles. The van der Waals surface area contributed by atoms with Gasteiger partial charge in [0.1, 0.15) is 5.78 Å². The van der Waals surface area contributed by atoms with Crippen molar-refractivity contribution in [3.05, 3.63) is 0 Å². The third kappa shape index (κ3) is 3.23. The molecule has 1 fully saturated rings. The molecular weight excluding hydrogens is 180 g/mol. The van der Waals surface area contributed by atoms with Crippen LogP contribution in [0, 0.1) is 5.92 Å². The molecule has 1 aliphatic rings. The Morgan fingerprint density at radius 1 is 1.31 bits per heavy atom. The minimum atomic E-state index is -1.46. The number of rotatable bonds is 3. The van der Waals surface area contributed by atoms with Crippen LogP contribution in [0.15, 0.2) is 0 Å². The Morgan fingerprint density at radius 3 is 2.38 bits per heavy atom. The number of carbonyl (C=O) groups excluding carboxylic acids is 1. The quantitative estimate of drug-likeness (QED) is 0.655. The molecule has 1 aliphatic carbocycles. The zero-order valence-electron chi connectivity index (χ0n) is 9.09. The highest BCUT2D eigenvalue weighted by atomic mass is 28.4. The molecule has 0 bridgehead atoms. The average molecular weight is 200 g/mol. The minimum Gasteiger partial charge on any atom is -0.414 e. The minimum absolute atomic E-state index is 0.187. The number of hydrogen-bond acceptors (Lipinski definition) is 2. The number of hydrogen-bond donors (Lipinski definition) is 0. The molecule has 2 unspecified atom stereocenters. The van der Waals surface area contributed by atoms with Gasteiger partial charge in [0.2, 0.25) is 0 Å². The van der Waals surface area contributed by atoms with Crippen LogP contribution in [0.5, 0.6) is 0 Å². The molecule has 0 spiro atoms. The van der Waals surface area contributed by atoms with E-state index < -0.39 is 8.32 Å². The summed E-state index contributed by atoms with van der Waals surface area (Å²) in [4.78, 5) is 11.3. The molecule has 1 rings (SSSR count). The van der Waals surface area contributed by atoms with Crippen LogP contribution < -0.4 is 0 Å². The summed E-state index contributed by atoms with van der Waals surface area (Å²) in [5.41, 5.74) is 0. The molecule has 0 N–H and O–H groups in total. The normalized spacial score (nSPS) is 29.2. The van der Waals surface area contributed by atoms with Crippen LogP contribution in [-0.4, -0.2) is 20.2 Å². The molecule has 3 heteroatoms. The third-order valence-electron chi connectivity index (χ3n) is 2.48. The first-order chi connectivity index (χ1) is 5.90. The van der Waals surface area contributed by atoms with Crippen LogP contribution in [0.4, 0.5) is 0 Å². The summed E-state index contributed by atoms with van der Waals surface area (Å²) in [5.74, 6) is 0.493. The average Bonchev–Trinajstić information content (AvgIpc) is 2.31. The summed E-state index contributed by atoms with van der Waals surface area (Å²) in [7, 11) is -1.46. The SMILES string of the molecule is CC(=O)C1CCCC1O[Si](C)(C)C. The van der Waals surface area contributed by atoms with Crippen molar-refractivity contribution in [3.8, 4) is 0 Å². The van der Waals surface area contributed by atoms with Crippen LogP contribution in [-0.2, 0) is 9.22 Å². The second-order valence-corrected chi connectivity index (χ2v) is 9.38. The van der Waals surface area contributed by atoms with Gasteiger partial charge in [-0.3, -0.25) is 4.79 Å². The summed E-state index contributed by atoms with van der Waals surface area (Å²) in [5, 5.41) is 0. The zero-order valence-corrected chi connectivity index (χ0v) is 10.1. The Hall–Kier alpha value is -0.153. The van der Waals surface area contributed by atoms with E-state index in [0.717, 1.165) is 19.3 Å². The molecule has 2 nitrogen and oxygen atoms in total. The van der Waals surface area contributed by atoms with Gasteiger partial charge in [-0.2, -0.15) is 0 Å². The summed E-state index contributed by atoms with van der Waals surface area (Å²) in [6.07, 6.45) is 3.49. The van der Waals surface area contributed by atoms with Gasteiger partial charge in [0.05, 0.1) is 6.10 Å². The fourth-order valence-electron chi connectivity index (χ4n) is 1.99. The monoisotopic (exact) mass is 200 g/mol. The van der Waals surface area contributed by atoms with Gasteiger partial charge in [0.25, 0.3) is 0 Å². The largest absolute Gasteiger partial charge is 0.414 e. The van der Waals surface area contributed by atoms with E-state index in [2.05, 4.69) is 19.6 Å². The molecule has 0 amide bonds. The maximum absolute atomic E-state index is 11.3. The van der Waals surface area contributed by atoms with Gasteiger partial charge in [-0.15, -0.1) is 0 Å². The van der Waals surface area contributed by atoms with Crippen molar-refractivity contribution in [2.45, 2.75) is 51.9 Å². The van der Waals surface area contributed by atoms with Gasteiger partial charge in [0, 0.05) is 5.92 Å². The van der Waals surface area contributed by atoms with Gasteiger partial charge >= 0.3 is 0 Å². The number of ketones is 1. The van der Waals surface area contributed by atoms with Crippen molar-refractivity contribution >= 4 is 14.1 Å². The van der Waals surface area contributed by atoms with E-state index in [4.69, 9.17) is 4.43 Å². The summed E-state index contributed by atoms with van der Waals surface area (Å²) in [6, 6.07) is 0. The predicted octanol–water partition coefficient (Wildman–Crippen LogP) is 2.60. The summed E-state index contributed by atoms with van der Waals surface area (Å²) in [6.45, 7) is 8.24. The summed E-state index contributed by atoms with van der Waals surface area (Å²) < 4.78 is 5.99. The first kappa shape index (κ1) is 10.9. The van der Waals surface area contributed by atoms with Gasteiger partial charge in [-0.25, -0.2) is 0 Å². The van der Waals surface area contributed by atoms with Crippen LogP contribution in [0.25, 0.3) is 0 Å². The summed E-state index contributed by atoms with van der Waals surface area (Å²) >= 11 is 0. The topological polar surface area (TPSA) is 26.3 Å². The fourth-order valence-corrected chi connectivity index (χ4v) is 3.18. The standard InChI is InChI=1S/C10H20O2Si/c1-8(11)9-6-5-7-10(9)12-13(2,3)4/h9-10H,5-7H2,1-4H3. The van der Waals surface area contributed by atoms with E-state index in [9.17, 15) is 4.79 Å². The molecule has 0 saturated heterocycles. The van der Waals surface area contributed by atoms with E-state index in [1.807, 2.05) is 0 Å². The second kappa shape index (κ2) is 3.92. The lowest BCUT2D eigenvalue weighted by atomic mass is 10.0. The Labute approximate surface area is 81.8 Å². The maximum Gasteiger partial charge on any atom is 0.184 e. The van der Waals surface area contributed by atoms with Crippen molar-refractivity contribution in [3.63, 3.8) is 0 Å². The highest BCUT2D eigenvalue weighted by molar-refractivity contribution is 6.69. The van der Waals surface area contributed by atoms with Crippen LogP contribution in [0.2, 0.25) is 19.6 Å². The Bertz CT molecular complexity index is 196. The lowest BCUT2D eigenvalue weighted by Gasteiger charge is -2.26. The molecule has 0 aromatic carbocycles. The van der Waals surface area contributed by atoms with Crippen molar-refractivity contribution in [2.75, 3.05) is 0 Å². The Kier molecular flexibility index (Phi) is 3.30. The van der Waals surface area contributed by atoms with Crippen LogP contribution >= 0.6 is 0 Å². The van der Waals surface area contributed by atoms with Crippen molar-refractivity contribution in [1.29, 1.82) is 0 Å². The Morgan fingerprint density at radius 2 is 1.92 bits per heavy atom. The van der Waals surface area contributed by atoms with E-state index >= 15 is 0 Å². The van der Waals surface area contributed by atoms with Crippen LogP contribution in [0.1, 0.15) is 26.2 Å².